The molecule has 0 saturated heterocycles. The SMILES string of the molecule is CCCc1c(OC)cc(OC)c(CCC)c1NC=O. The average molecular weight is 265 g/mol. The molecule has 19 heavy (non-hydrogen) atoms. The Kier molecular flexibility index (Phi) is 6.19. The smallest absolute Gasteiger partial charge is 0.211 e. The van der Waals surface area contributed by atoms with E-state index in [0.29, 0.717) is 6.41 Å². The highest BCUT2D eigenvalue weighted by atomic mass is 16.5. The predicted molar refractivity (Wildman–Crippen MR) is 77.2 cm³/mol. The van der Waals surface area contributed by atoms with Gasteiger partial charge in [-0.3, -0.25) is 4.79 Å². The summed E-state index contributed by atoms with van der Waals surface area (Å²) in [5.74, 6) is 1.53. The number of hydrogen-bond acceptors (Lipinski definition) is 3. The minimum Gasteiger partial charge on any atom is -0.496 e. The summed E-state index contributed by atoms with van der Waals surface area (Å²) < 4.78 is 10.8. The van der Waals surface area contributed by atoms with E-state index in [4.69, 9.17) is 9.47 Å². The minimum absolute atomic E-state index is 0.715. The van der Waals surface area contributed by atoms with Gasteiger partial charge in [0.1, 0.15) is 11.5 Å². The molecule has 0 aliphatic heterocycles. The number of amides is 1. The van der Waals surface area contributed by atoms with Crippen LogP contribution in [0.3, 0.4) is 0 Å². The van der Waals surface area contributed by atoms with Gasteiger partial charge in [-0.1, -0.05) is 26.7 Å². The van der Waals surface area contributed by atoms with Gasteiger partial charge in [-0.2, -0.15) is 0 Å². The molecule has 0 spiro atoms. The van der Waals surface area contributed by atoms with E-state index < -0.39 is 0 Å². The Morgan fingerprint density at radius 1 is 1.05 bits per heavy atom. The zero-order valence-corrected chi connectivity index (χ0v) is 12.2. The normalized spacial score (nSPS) is 10.1. The molecule has 0 heterocycles. The van der Waals surface area contributed by atoms with Crippen molar-refractivity contribution in [2.75, 3.05) is 19.5 Å². The second kappa shape index (κ2) is 7.67. The Hall–Kier alpha value is -1.71. The van der Waals surface area contributed by atoms with E-state index in [1.165, 1.54) is 0 Å². The van der Waals surface area contributed by atoms with Crippen LogP contribution in [0.15, 0.2) is 6.07 Å². The number of carbonyl (C=O) groups excluding carboxylic acids is 1. The first-order valence-corrected chi connectivity index (χ1v) is 6.70. The van der Waals surface area contributed by atoms with Gasteiger partial charge >= 0.3 is 0 Å². The number of nitrogens with one attached hydrogen (secondary N) is 1. The van der Waals surface area contributed by atoms with Gasteiger partial charge in [-0.15, -0.1) is 0 Å². The third kappa shape index (κ3) is 3.40. The number of carbonyl (C=O) groups is 1. The summed E-state index contributed by atoms with van der Waals surface area (Å²) in [6, 6.07) is 1.91. The summed E-state index contributed by atoms with van der Waals surface area (Å²) in [5.41, 5.74) is 2.93. The zero-order valence-electron chi connectivity index (χ0n) is 12.2. The van der Waals surface area contributed by atoms with Crippen molar-refractivity contribution < 1.29 is 14.3 Å². The first kappa shape index (κ1) is 15.3. The van der Waals surface area contributed by atoms with E-state index in [2.05, 4.69) is 19.2 Å². The second-order valence-corrected chi connectivity index (χ2v) is 4.38. The molecule has 0 atom stereocenters. The lowest BCUT2D eigenvalue weighted by Crippen LogP contribution is -2.07. The highest BCUT2D eigenvalue weighted by Crippen LogP contribution is 2.38. The largest absolute Gasteiger partial charge is 0.496 e. The molecule has 0 unspecified atom stereocenters. The maximum atomic E-state index is 10.9. The number of rotatable bonds is 8. The zero-order chi connectivity index (χ0) is 14.3. The number of anilines is 1. The van der Waals surface area contributed by atoms with Crippen molar-refractivity contribution in [2.24, 2.45) is 0 Å². The molecule has 1 aromatic carbocycles. The van der Waals surface area contributed by atoms with E-state index >= 15 is 0 Å². The van der Waals surface area contributed by atoms with Gasteiger partial charge in [0, 0.05) is 17.2 Å². The van der Waals surface area contributed by atoms with Crippen LogP contribution in [0.5, 0.6) is 11.5 Å². The van der Waals surface area contributed by atoms with Crippen LogP contribution in [-0.2, 0) is 17.6 Å². The number of hydrogen-bond donors (Lipinski definition) is 1. The molecule has 0 aliphatic rings. The molecule has 1 amide bonds. The fourth-order valence-corrected chi connectivity index (χ4v) is 2.32. The molecule has 106 valence electrons. The molecule has 0 fully saturated rings. The Morgan fingerprint density at radius 2 is 1.53 bits per heavy atom. The third-order valence-electron chi connectivity index (χ3n) is 3.10. The molecule has 0 aromatic heterocycles. The Balaban J connectivity index is 3.47. The Morgan fingerprint density at radius 3 is 1.84 bits per heavy atom. The molecular formula is C15H23NO3. The Bertz CT molecular complexity index is 398. The molecule has 1 N–H and O–H groups in total. The van der Waals surface area contributed by atoms with Gasteiger partial charge in [-0.25, -0.2) is 0 Å². The average Bonchev–Trinajstić information content (AvgIpc) is 2.43. The lowest BCUT2D eigenvalue weighted by atomic mass is 9.98. The van der Waals surface area contributed by atoms with Gasteiger partial charge in [-0.05, 0) is 12.8 Å². The van der Waals surface area contributed by atoms with Crippen molar-refractivity contribution in [3.05, 3.63) is 17.2 Å². The molecule has 0 bridgehead atoms. The summed E-state index contributed by atoms with van der Waals surface area (Å²) in [5, 5.41) is 2.82. The van der Waals surface area contributed by atoms with Crippen LogP contribution in [0.2, 0.25) is 0 Å². The maximum absolute atomic E-state index is 10.9. The lowest BCUT2D eigenvalue weighted by molar-refractivity contribution is -0.105. The standard InChI is InChI=1S/C15H23NO3/c1-5-7-11-13(18-3)9-14(19-4)12(8-6-2)15(11)16-10-17/h9-10H,5-8H2,1-4H3,(H,16,17). The highest BCUT2D eigenvalue weighted by molar-refractivity contribution is 5.79. The second-order valence-electron chi connectivity index (χ2n) is 4.38. The highest BCUT2D eigenvalue weighted by Gasteiger charge is 2.18. The summed E-state index contributed by atoms with van der Waals surface area (Å²) >= 11 is 0. The van der Waals surface area contributed by atoms with Crippen LogP contribution < -0.4 is 14.8 Å². The Labute approximate surface area is 115 Å². The quantitative estimate of drug-likeness (QED) is 0.734. The molecular weight excluding hydrogens is 242 g/mol. The van der Waals surface area contributed by atoms with E-state index in [1.54, 1.807) is 14.2 Å². The third-order valence-corrected chi connectivity index (χ3v) is 3.10. The number of benzene rings is 1. The van der Waals surface area contributed by atoms with Gasteiger partial charge in [0.2, 0.25) is 6.41 Å². The van der Waals surface area contributed by atoms with Crippen molar-refractivity contribution in [1.29, 1.82) is 0 Å². The molecule has 0 saturated carbocycles. The van der Waals surface area contributed by atoms with Crippen LogP contribution in [0.25, 0.3) is 0 Å². The fourth-order valence-electron chi connectivity index (χ4n) is 2.32. The summed E-state index contributed by atoms with van der Waals surface area (Å²) in [6.07, 6.45) is 4.41. The van der Waals surface area contributed by atoms with E-state index in [1.807, 2.05) is 6.07 Å². The van der Waals surface area contributed by atoms with Crippen LogP contribution in [-0.4, -0.2) is 20.6 Å². The van der Waals surface area contributed by atoms with Crippen molar-refractivity contribution >= 4 is 12.1 Å². The van der Waals surface area contributed by atoms with Crippen molar-refractivity contribution in [1.82, 2.24) is 0 Å². The first-order valence-electron chi connectivity index (χ1n) is 6.70. The van der Waals surface area contributed by atoms with Crippen LogP contribution in [0, 0.1) is 0 Å². The van der Waals surface area contributed by atoms with Crippen LogP contribution in [0.4, 0.5) is 5.69 Å². The van der Waals surface area contributed by atoms with E-state index in [9.17, 15) is 4.79 Å². The summed E-state index contributed by atoms with van der Waals surface area (Å²) in [6.45, 7) is 4.21. The van der Waals surface area contributed by atoms with E-state index in [0.717, 1.165) is 54.0 Å². The lowest BCUT2D eigenvalue weighted by Gasteiger charge is -2.20. The molecule has 4 heteroatoms. The molecule has 0 aliphatic carbocycles. The molecule has 4 nitrogen and oxygen atoms in total. The number of methoxy groups -OCH3 is 2. The maximum Gasteiger partial charge on any atom is 0.211 e. The fraction of sp³-hybridized carbons (Fsp3) is 0.533. The van der Waals surface area contributed by atoms with Crippen molar-refractivity contribution in [3.8, 4) is 11.5 Å². The molecule has 0 radical (unpaired) electrons. The molecule has 1 rings (SSSR count). The molecule has 1 aromatic rings. The van der Waals surface area contributed by atoms with Gasteiger partial charge in [0.15, 0.2) is 0 Å². The van der Waals surface area contributed by atoms with Gasteiger partial charge in [0.05, 0.1) is 19.9 Å². The predicted octanol–water partition coefficient (Wildman–Crippen LogP) is 3.18. The topological polar surface area (TPSA) is 47.6 Å². The minimum atomic E-state index is 0.715. The van der Waals surface area contributed by atoms with Gasteiger partial charge in [0.25, 0.3) is 0 Å². The van der Waals surface area contributed by atoms with Crippen LogP contribution in [0.1, 0.15) is 37.8 Å². The van der Waals surface area contributed by atoms with Gasteiger partial charge < -0.3 is 14.8 Å². The van der Waals surface area contributed by atoms with E-state index in [-0.39, 0.29) is 0 Å². The number of ether oxygens (including phenoxy) is 2. The van der Waals surface area contributed by atoms with Crippen LogP contribution >= 0.6 is 0 Å². The summed E-state index contributed by atoms with van der Waals surface area (Å²) in [4.78, 5) is 10.9. The summed E-state index contributed by atoms with van der Waals surface area (Å²) in [7, 11) is 3.27. The van der Waals surface area contributed by atoms with Crippen molar-refractivity contribution in [2.45, 2.75) is 39.5 Å². The van der Waals surface area contributed by atoms with Crippen molar-refractivity contribution in [3.63, 3.8) is 0 Å². The first-order chi connectivity index (χ1) is 9.23. The monoisotopic (exact) mass is 265 g/mol.